The van der Waals surface area contributed by atoms with Crippen LogP contribution in [-0.4, -0.2) is 36.2 Å². The lowest BCUT2D eigenvalue weighted by Crippen LogP contribution is -2.42. The number of aliphatic imine (C=N–C) groups is 1. The number of hydrogen-bond acceptors (Lipinski definition) is 5. The van der Waals surface area contributed by atoms with Crippen LogP contribution in [0.3, 0.4) is 0 Å². The Labute approximate surface area is 137 Å². The van der Waals surface area contributed by atoms with Crippen molar-refractivity contribution in [1.82, 2.24) is 9.71 Å². The van der Waals surface area contributed by atoms with E-state index in [1.54, 1.807) is 18.3 Å². The van der Waals surface area contributed by atoms with Gasteiger partial charge in [-0.15, -0.1) is 0 Å². The van der Waals surface area contributed by atoms with Crippen LogP contribution < -0.4 is 4.72 Å². The van der Waals surface area contributed by atoms with E-state index in [9.17, 15) is 13.5 Å². The monoisotopic (exact) mass is 337 g/mol. The molecule has 2 heterocycles. The number of aliphatic hydroxyl groups is 1. The molecule has 3 rings (SSSR count). The van der Waals surface area contributed by atoms with E-state index >= 15 is 0 Å². The summed E-state index contributed by atoms with van der Waals surface area (Å²) in [5, 5.41) is 9.62. The Balaban J connectivity index is 1.70. The van der Waals surface area contributed by atoms with Gasteiger partial charge in [0.25, 0.3) is 10.0 Å². The Morgan fingerprint density at radius 1 is 1.30 bits per heavy atom. The number of nitrogens with zero attached hydrogens (tertiary/aromatic N) is 2. The van der Waals surface area contributed by atoms with Gasteiger partial charge in [0, 0.05) is 17.8 Å². The van der Waals surface area contributed by atoms with Gasteiger partial charge in [0.1, 0.15) is 0 Å². The number of aromatic nitrogens is 1. The molecule has 1 aliphatic carbocycles. The molecule has 126 valence electrons. The van der Waals surface area contributed by atoms with Crippen LogP contribution in [0, 0.1) is 5.92 Å². The van der Waals surface area contributed by atoms with Crippen molar-refractivity contribution < 1.29 is 13.5 Å². The maximum absolute atomic E-state index is 12.6. The Hall–Kier alpha value is -1.31. The molecule has 0 amide bonds. The molecule has 1 fully saturated rings. The average molecular weight is 337 g/mol. The van der Waals surface area contributed by atoms with Gasteiger partial charge in [-0.3, -0.25) is 9.98 Å². The second kappa shape index (κ2) is 7.07. The van der Waals surface area contributed by atoms with E-state index in [0.29, 0.717) is 30.1 Å². The van der Waals surface area contributed by atoms with Crippen LogP contribution in [0.2, 0.25) is 0 Å². The van der Waals surface area contributed by atoms with Crippen molar-refractivity contribution in [1.29, 1.82) is 0 Å². The highest BCUT2D eigenvalue weighted by atomic mass is 32.2. The normalized spacial score (nSPS) is 20.1. The fourth-order valence-electron chi connectivity index (χ4n) is 3.48. The third-order valence-corrected chi connectivity index (χ3v) is 6.13. The summed E-state index contributed by atoms with van der Waals surface area (Å²) in [6.45, 7) is 0.0989. The van der Waals surface area contributed by atoms with Crippen molar-refractivity contribution in [3.63, 3.8) is 0 Å². The van der Waals surface area contributed by atoms with Crippen LogP contribution in [0.4, 0.5) is 0 Å². The van der Waals surface area contributed by atoms with E-state index in [2.05, 4.69) is 14.7 Å². The van der Waals surface area contributed by atoms with Crippen LogP contribution in [0.25, 0.3) is 0 Å². The van der Waals surface area contributed by atoms with E-state index in [1.165, 1.54) is 19.3 Å². The molecule has 6 nitrogen and oxygen atoms in total. The van der Waals surface area contributed by atoms with Crippen molar-refractivity contribution in [3.05, 3.63) is 29.6 Å². The lowest BCUT2D eigenvalue weighted by molar-refractivity contribution is 0.219. The minimum Gasteiger partial charge on any atom is -0.395 e. The summed E-state index contributed by atoms with van der Waals surface area (Å²) in [5.74, 6) is 0.489. The first-order valence-electron chi connectivity index (χ1n) is 8.22. The Bertz CT molecular complexity index is 682. The third-order valence-electron chi connectivity index (χ3n) is 4.63. The summed E-state index contributed by atoms with van der Waals surface area (Å²) in [6.07, 6.45) is 8.20. The van der Waals surface area contributed by atoms with Crippen LogP contribution in [0.5, 0.6) is 0 Å². The molecule has 0 saturated heterocycles. The zero-order chi connectivity index (χ0) is 16.3. The second-order valence-corrected chi connectivity index (χ2v) is 7.99. The predicted molar refractivity (Wildman–Crippen MR) is 88.6 cm³/mol. The van der Waals surface area contributed by atoms with E-state index < -0.39 is 16.1 Å². The molecule has 1 unspecified atom stereocenters. The lowest BCUT2D eigenvalue weighted by atomic mass is 9.85. The maximum Gasteiger partial charge on any atom is 0.258 e. The summed E-state index contributed by atoms with van der Waals surface area (Å²) in [4.78, 5) is 8.29. The number of rotatable bonds is 5. The van der Waals surface area contributed by atoms with Gasteiger partial charge < -0.3 is 5.11 Å². The standard InChI is InChI=1S/C16H23N3O3S/c20-11-13(9-12-5-2-1-3-6-12)19-23(21,22)16-14-7-4-8-17-15(14)10-18-16/h4,7-8,12-13,19-20H,1-3,5-6,9-11H2. The molecule has 7 heteroatoms. The smallest absolute Gasteiger partial charge is 0.258 e. The molecular formula is C16H23N3O3S. The Morgan fingerprint density at radius 2 is 2.09 bits per heavy atom. The van der Waals surface area contributed by atoms with E-state index in [-0.39, 0.29) is 11.7 Å². The molecule has 0 radical (unpaired) electrons. The van der Waals surface area contributed by atoms with Crippen LogP contribution in [0.1, 0.15) is 49.8 Å². The Kier molecular flexibility index (Phi) is 5.08. The van der Waals surface area contributed by atoms with Crippen molar-refractivity contribution in [3.8, 4) is 0 Å². The fourth-order valence-corrected chi connectivity index (χ4v) is 4.91. The highest BCUT2D eigenvalue weighted by molar-refractivity contribution is 8.05. The fraction of sp³-hybridized carbons (Fsp3) is 0.625. The highest BCUT2D eigenvalue weighted by Gasteiger charge is 2.31. The largest absolute Gasteiger partial charge is 0.395 e. The number of nitrogens with one attached hydrogen (secondary N) is 1. The number of sulfonamides is 1. The molecule has 2 N–H and O–H groups in total. The van der Waals surface area contributed by atoms with Crippen LogP contribution in [-0.2, 0) is 16.6 Å². The van der Waals surface area contributed by atoms with Gasteiger partial charge in [-0.1, -0.05) is 32.1 Å². The third kappa shape index (κ3) is 3.79. The van der Waals surface area contributed by atoms with Crippen LogP contribution >= 0.6 is 0 Å². The van der Waals surface area contributed by atoms with Gasteiger partial charge in [-0.2, -0.15) is 0 Å². The highest BCUT2D eigenvalue weighted by Crippen LogP contribution is 2.28. The van der Waals surface area contributed by atoms with Gasteiger partial charge in [-0.05, 0) is 24.5 Å². The first kappa shape index (κ1) is 16.5. The molecule has 1 aromatic heterocycles. The molecule has 1 atom stereocenters. The zero-order valence-corrected chi connectivity index (χ0v) is 13.9. The molecule has 0 spiro atoms. The molecule has 2 aliphatic rings. The Morgan fingerprint density at radius 3 is 2.83 bits per heavy atom. The second-order valence-electron chi connectivity index (χ2n) is 6.36. The van der Waals surface area contributed by atoms with Gasteiger partial charge >= 0.3 is 0 Å². The van der Waals surface area contributed by atoms with Crippen molar-refractivity contribution in [2.45, 2.75) is 51.1 Å². The molecule has 1 saturated carbocycles. The summed E-state index contributed by atoms with van der Waals surface area (Å²) >= 11 is 0. The van der Waals surface area contributed by atoms with E-state index in [1.807, 2.05) is 0 Å². The van der Waals surface area contributed by atoms with Gasteiger partial charge in [-0.25, -0.2) is 13.1 Å². The lowest BCUT2D eigenvalue weighted by Gasteiger charge is -2.26. The molecule has 0 bridgehead atoms. The first-order valence-corrected chi connectivity index (χ1v) is 9.70. The number of hydrogen-bond donors (Lipinski definition) is 2. The quantitative estimate of drug-likeness (QED) is 0.853. The summed E-state index contributed by atoms with van der Waals surface area (Å²) in [7, 11) is -3.74. The topological polar surface area (TPSA) is 91.7 Å². The summed E-state index contributed by atoms with van der Waals surface area (Å²) in [5.41, 5.74) is 1.25. The molecule has 0 aromatic carbocycles. The number of aliphatic hydroxyl groups excluding tert-OH is 1. The van der Waals surface area contributed by atoms with E-state index in [4.69, 9.17) is 0 Å². The molecular weight excluding hydrogens is 314 g/mol. The number of pyridine rings is 1. The summed E-state index contributed by atoms with van der Waals surface area (Å²) in [6, 6.07) is 2.98. The van der Waals surface area contributed by atoms with Gasteiger partial charge in [0.05, 0.1) is 18.8 Å². The maximum atomic E-state index is 12.6. The average Bonchev–Trinajstić information content (AvgIpc) is 3.00. The summed E-state index contributed by atoms with van der Waals surface area (Å²) < 4.78 is 27.9. The predicted octanol–water partition coefficient (Wildman–Crippen LogP) is 1.59. The zero-order valence-electron chi connectivity index (χ0n) is 13.1. The van der Waals surface area contributed by atoms with Crippen molar-refractivity contribution in [2.75, 3.05) is 6.61 Å². The first-order chi connectivity index (χ1) is 11.1. The van der Waals surface area contributed by atoms with E-state index in [0.717, 1.165) is 12.8 Å². The molecule has 23 heavy (non-hydrogen) atoms. The molecule has 1 aliphatic heterocycles. The van der Waals surface area contributed by atoms with Gasteiger partial charge in [0.15, 0.2) is 5.04 Å². The van der Waals surface area contributed by atoms with Gasteiger partial charge in [0.2, 0.25) is 0 Å². The van der Waals surface area contributed by atoms with Crippen molar-refractivity contribution >= 4 is 15.1 Å². The van der Waals surface area contributed by atoms with Crippen molar-refractivity contribution in [2.24, 2.45) is 10.9 Å². The van der Waals surface area contributed by atoms with Crippen LogP contribution in [0.15, 0.2) is 23.3 Å². The molecule has 1 aromatic rings. The minimum absolute atomic E-state index is 0.0442. The SMILES string of the molecule is O=S(=O)(NC(CO)CC1CCCCC1)C1=NCc2ncccc21. The minimum atomic E-state index is -3.74. The number of fused-ring (bicyclic) bond motifs is 1.